The number of H-pyrrole nitrogens is 2. The van der Waals surface area contributed by atoms with Crippen molar-refractivity contribution in [3.63, 3.8) is 0 Å². The van der Waals surface area contributed by atoms with Gasteiger partial charge in [0, 0.05) is 23.2 Å². The van der Waals surface area contributed by atoms with E-state index in [0.29, 0.717) is 12.4 Å². The lowest BCUT2D eigenvalue weighted by molar-refractivity contribution is 0.585. The van der Waals surface area contributed by atoms with Crippen LogP contribution >= 0.6 is 0 Å². The molecule has 0 bridgehead atoms. The Kier molecular flexibility index (Phi) is 7.03. The zero-order valence-corrected chi connectivity index (χ0v) is 18.7. The average molecular weight is 458 g/mol. The molecule has 2 heterocycles. The molecule has 34 heavy (non-hydrogen) atoms. The monoisotopic (exact) mass is 457 g/mol. The summed E-state index contributed by atoms with van der Waals surface area (Å²) in [6.45, 7) is 6.27. The predicted octanol–water partition coefficient (Wildman–Crippen LogP) is 6.50. The predicted molar refractivity (Wildman–Crippen MR) is 133 cm³/mol. The number of benzene rings is 3. The Balaban J connectivity index is 0.000000226. The van der Waals surface area contributed by atoms with Gasteiger partial charge in [0.1, 0.15) is 17.5 Å². The Bertz CT molecular complexity index is 1390. The van der Waals surface area contributed by atoms with Gasteiger partial charge in [-0.15, -0.1) is 0 Å². The minimum Gasteiger partial charge on any atom is -0.365 e. The second kappa shape index (κ2) is 10.5. The first kappa shape index (κ1) is 22.8. The van der Waals surface area contributed by atoms with E-state index in [1.54, 1.807) is 6.20 Å². The molecule has 2 aromatic heterocycles. The maximum Gasteiger partial charge on any atom is 0.149 e. The average Bonchev–Trinajstić information content (AvgIpc) is 3.48. The number of aromatic amines is 2. The number of nitrogens with one attached hydrogen (secondary N) is 4. The molecule has 0 fully saturated rings. The molecule has 0 amide bonds. The van der Waals surface area contributed by atoms with Crippen molar-refractivity contribution >= 4 is 16.6 Å². The van der Waals surface area contributed by atoms with Crippen molar-refractivity contribution in [3.05, 3.63) is 121 Å². The van der Waals surface area contributed by atoms with Crippen LogP contribution in [0.3, 0.4) is 0 Å². The van der Waals surface area contributed by atoms with Crippen LogP contribution in [-0.2, 0) is 6.54 Å². The molecule has 3 aromatic carbocycles. The summed E-state index contributed by atoms with van der Waals surface area (Å²) >= 11 is 0. The van der Waals surface area contributed by atoms with E-state index in [4.69, 9.17) is 0 Å². The molecule has 0 spiro atoms. The number of para-hydroxylation sites is 1. The number of imidazole rings is 1. The van der Waals surface area contributed by atoms with Crippen molar-refractivity contribution in [2.45, 2.75) is 13.5 Å². The van der Waals surface area contributed by atoms with E-state index >= 15 is 0 Å². The molecule has 0 aliphatic rings. The maximum atomic E-state index is 13.6. The molecular formula is C27H25F2N5. The summed E-state index contributed by atoms with van der Waals surface area (Å²) in [4.78, 5) is 10.7. The Morgan fingerprint density at radius 3 is 2.53 bits per heavy atom. The number of aryl methyl sites for hydroxylation is 1. The molecule has 172 valence electrons. The van der Waals surface area contributed by atoms with Crippen LogP contribution in [0.4, 0.5) is 14.5 Å². The van der Waals surface area contributed by atoms with Crippen molar-refractivity contribution in [3.8, 4) is 11.3 Å². The highest BCUT2D eigenvalue weighted by molar-refractivity contribution is 5.82. The van der Waals surface area contributed by atoms with Crippen molar-refractivity contribution in [1.82, 2.24) is 20.3 Å². The summed E-state index contributed by atoms with van der Waals surface area (Å²) in [5, 5.41) is 7.07. The number of aromatic nitrogens is 3. The lowest BCUT2D eigenvalue weighted by Crippen LogP contribution is -2.19. The van der Waals surface area contributed by atoms with Crippen molar-refractivity contribution in [2.24, 2.45) is 0 Å². The van der Waals surface area contributed by atoms with Crippen molar-refractivity contribution < 1.29 is 8.78 Å². The summed E-state index contributed by atoms with van der Waals surface area (Å²) in [6.07, 6.45) is 3.78. The normalized spacial score (nSPS) is 10.4. The topological polar surface area (TPSA) is 68.5 Å². The number of anilines is 1. The van der Waals surface area contributed by atoms with Gasteiger partial charge in [0.25, 0.3) is 0 Å². The van der Waals surface area contributed by atoms with Gasteiger partial charge in [-0.05, 0) is 36.2 Å². The van der Waals surface area contributed by atoms with Gasteiger partial charge in [0.15, 0.2) is 0 Å². The Morgan fingerprint density at radius 1 is 1.00 bits per heavy atom. The van der Waals surface area contributed by atoms with Gasteiger partial charge in [-0.3, -0.25) is 0 Å². The molecule has 0 saturated carbocycles. The Morgan fingerprint density at radius 2 is 1.76 bits per heavy atom. The number of rotatable bonds is 6. The smallest absolute Gasteiger partial charge is 0.149 e. The van der Waals surface area contributed by atoms with Gasteiger partial charge in [-0.1, -0.05) is 55.1 Å². The molecule has 0 unspecified atom stereocenters. The van der Waals surface area contributed by atoms with Crippen molar-refractivity contribution in [2.75, 3.05) is 5.32 Å². The highest BCUT2D eigenvalue weighted by Crippen LogP contribution is 2.18. The highest BCUT2D eigenvalue weighted by Gasteiger charge is 2.06. The summed E-state index contributed by atoms with van der Waals surface area (Å²) < 4.78 is 26.5. The van der Waals surface area contributed by atoms with E-state index in [0.717, 1.165) is 23.1 Å². The first-order valence-corrected chi connectivity index (χ1v) is 10.8. The van der Waals surface area contributed by atoms with Gasteiger partial charge in [-0.2, -0.15) is 0 Å². The van der Waals surface area contributed by atoms with Crippen molar-refractivity contribution in [1.29, 1.82) is 0 Å². The molecule has 7 heteroatoms. The van der Waals surface area contributed by atoms with Gasteiger partial charge in [0.05, 0.1) is 29.9 Å². The fourth-order valence-corrected chi connectivity index (χ4v) is 3.42. The van der Waals surface area contributed by atoms with Crippen LogP contribution in [0, 0.1) is 18.6 Å². The molecule has 4 N–H and O–H groups in total. The number of fused-ring (bicyclic) bond motifs is 1. The molecule has 0 atom stereocenters. The summed E-state index contributed by atoms with van der Waals surface area (Å²) in [5.41, 5.74) is 4.64. The first-order valence-electron chi connectivity index (χ1n) is 10.8. The third-order valence-electron chi connectivity index (χ3n) is 5.20. The van der Waals surface area contributed by atoms with Crippen LogP contribution < -0.4 is 10.6 Å². The second-order valence-corrected chi connectivity index (χ2v) is 7.71. The molecule has 5 rings (SSSR count). The van der Waals surface area contributed by atoms with E-state index in [1.165, 1.54) is 28.6 Å². The molecule has 0 aliphatic carbocycles. The van der Waals surface area contributed by atoms with Gasteiger partial charge < -0.3 is 20.6 Å². The van der Waals surface area contributed by atoms with Crippen LogP contribution in [0.25, 0.3) is 22.2 Å². The fraction of sp³-hybridized carbons (Fsp3) is 0.0741. The lowest BCUT2D eigenvalue weighted by Gasteiger charge is -2.12. The summed E-state index contributed by atoms with van der Waals surface area (Å²) in [5.74, 6) is -0.197. The van der Waals surface area contributed by atoms with Gasteiger partial charge in [0.2, 0.25) is 0 Å². The number of nitrogens with zero attached hydrogens (tertiary/aromatic N) is 1. The maximum absolute atomic E-state index is 13.6. The second-order valence-electron chi connectivity index (χ2n) is 7.71. The largest absolute Gasteiger partial charge is 0.365 e. The SMILES string of the molecule is C=C(NCc1ncc(-c2ccccc2)[nH]1)Nc1ccc(F)cc1F.Cc1c[nH]c2ccccc12. The number of hydrogen-bond acceptors (Lipinski definition) is 3. The Labute approximate surface area is 196 Å². The molecule has 0 radical (unpaired) electrons. The van der Waals surface area contributed by atoms with Crippen LogP contribution in [0.1, 0.15) is 11.4 Å². The summed E-state index contributed by atoms with van der Waals surface area (Å²) in [7, 11) is 0. The lowest BCUT2D eigenvalue weighted by atomic mass is 10.2. The van der Waals surface area contributed by atoms with Crippen LogP contribution in [-0.4, -0.2) is 15.0 Å². The highest BCUT2D eigenvalue weighted by atomic mass is 19.1. The molecule has 5 nitrogen and oxygen atoms in total. The minimum absolute atomic E-state index is 0.151. The van der Waals surface area contributed by atoms with Crippen LogP contribution in [0.5, 0.6) is 0 Å². The summed E-state index contributed by atoms with van der Waals surface area (Å²) in [6, 6.07) is 21.5. The zero-order chi connectivity index (χ0) is 23.9. The molecule has 0 saturated heterocycles. The van der Waals surface area contributed by atoms with Gasteiger partial charge in [-0.25, -0.2) is 13.8 Å². The minimum atomic E-state index is -0.678. The third-order valence-corrected chi connectivity index (χ3v) is 5.20. The molecule has 0 aliphatic heterocycles. The van der Waals surface area contributed by atoms with E-state index in [-0.39, 0.29) is 5.69 Å². The third kappa shape index (κ3) is 5.69. The number of hydrogen-bond donors (Lipinski definition) is 4. The van der Waals surface area contributed by atoms with Crippen LogP contribution in [0.15, 0.2) is 97.6 Å². The Hall–Kier alpha value is -4.39. The van der Waals surface area contributed by atoms with E-state index in [1.807, 2.05) is 42.6 Å². The molecular weight excluding hydrogens is 432 g/mol. The zero-order valence-electron chi connectivity index (χ0n) is 18.7. The van der Waals surface area contributed by atoms with Gasteiger partial charge >= 0.3 is 0 Å². The molecule has 5 aromatic rings. The van der Waals surface area contributed by atoms with E-state index in [9.17, 15) is 8.78 Å². The van der Waals surface area contributed by atoms with Crippen LogP contribution in [0.2, 0.25) is 0 Å². The van der Waals surface area contributed by atoms with E-state index in [2.05, 4.69) is 57.3 Å². The fourth-order valence-electron chi connectivity index (χ4n) is 3.42. The first-order chi connectivity index (χ1) is 16.5. The standard InChI is InChI=1S/C18H16F2N4.C9H9N/c1-12(23-16-8-7-14(19)9-15(16)20)21-11-18-22-10-17(24-18)13-5-3-2-4-6-13;1-7-6-10-9-5-3-2-4-8(7)9/h2-10,21,23H,1,11H2,(H,22,24);2-6,10H,1H3. The van der Waals surface area contributed by atoms with E-state index < -0.39 is 11.6 Å². The quantitative estimate of drug-likeness (QED) is 0.235. The number of halogens is 2.